The molecule has 180 valence electrons. The zero-order valence-corrected chi connectivity index (χ0v) is 20.9. The highest BCUT2D eigenvalue weighted by molar-refractivity contribution is 5.52. The summed E-state index contributed by atoms with van der Waals surface area (Å²) in [5, 5.41) is 21.2. The van der Waals surface area contributed by atoms with Crippen LogP contribution in [0.1, 0.15) is 36.1 Å². The van der Waals surface area contributed by atoms with Crippen molar-refractivity contribution in [1.82, 2.24) is 0 Å². The largest absolute Gasteiger partial charge is 0.508 e. The summed E-state index contributed by atoms with van der Waals surface area (Å²) in [6.07, 6.45) is 0. The Morgan fingerprint density at radius 3 is 1.31 bits per heavy atom. The third-order valence-electron chi connectivity index (χ3n) is 6.81. The van der Waals surface area contributed by atoms with Crippen LogP contribution in [0.25, 0.3) is 0 Å². The number of hydrogen-bond donors (Lipinski definition) is 2. The SMILES string of the molecule is CN(Cc1cc(C(C)(C)c2ccc(O)c(CN(C)c3ccccc3)c2)ccc1O)c1ccccc1. The number of phenolic OH excluding ortho intramolecular Hbond substituents is 2. The number of aromatic hydroxyl groups is 2. The van der Waals surface area contributed by atoms with Gasteiger partial charge in [0.1, 0.15) is 11.5 Å². The summed E-state index contributed by atoms with van der Waals surface area (Å²) in [7, 11) is 4.06. The van der Waals surface area contributed by atoms with Crippen molar-refractivity contribution in [2.24, 2.45) is 0 Å². The summed E-state index contributed by atoms with van der Waals surface area (Å²) in [5.41, 5.74) is 5.86. The summed E-state index contributed by atoms with van der Waals surface area (Å²) < 4.78 is 0. The van der Waals surface area contributed by atoms with Gasteiger partial charge >= 0.3 is 0 Å². The highest BCUT2D eigenvalue weighted by Gasteiger charge is 2.25. The van der Waals surface area contributed by atoms with Crippen molar-refractivity contribution in [3.63, 3.8) is 0 Å². The minimum Gasteiger partial charge on any atom is -0.508 e. The Labute approximate surface area is 208 Å². The molecule has 0 aromatic heterocycles. The van der Waals surface area contributed by atoms with Gasteiger partial charge in [-0.1, -0.05) is 62.4 Å². The predicted octanol–water partition coefficient (Wildman–Crippen LogP) is 6.70. The van der Waals surface area contributed by atoms with E-state index in [4.69, 9.17) is 0 Å². The molecule has 0 saturated heterocycles. The minimum absolute atomic E-state index is 0.295. The first-order valence-electron chi connectivity index (χ1n) is 11.9. The van der Waals surface area contributed by atoms with Gasteiger partial charge in [-0.15, -0.1) is 0 Å². The van der Waals surface area contributed by atoms with E-state index in [0.29, 0.717) is 24.6 Å². The highest BCUT2D eigenvalue weighted by Crippen LogP contribution is 2.36. The van der Waals surface area contributed by atoms with Crippen LogP contribution in [-0.4, -0.2) is 24.3 Å². The average Bonchev–Trinajstić information content (AvgIpc) is 2.87. The fraction of sp³-hybridized carbons (Fsp3) is 0.226. The number of para-hydroxylation sites is 2. The molecule has 0 aliphatic carbocycles. The maximum Gasteiger partial charge on any atom is 0.120 e. The molecule has 0 heterocycles. The smallest absolute Gasteiger partial charge is 0.120 e. The van der Waals surface area contributed by atoms with Crippen LogP contribution in [0.3, 0.4) is 0 Å². The van der Waals surface area contributed by atoms with Gasteiger partial charge in [0, 0.05) is 55.1 Å². The van der Waals surface area contributed by atoms with Gasteiger partial charge < -0.3 is 20.0 Å². The molecular formula is C31H34N2O2. The Kier molecular flexibility index (Phi) is 7.02. The lowest BCUT2D eigenvalue weighted by molar-refractivity contribution is 0.466. The fourth-order valence-electron chi connectivity index (χ4n) is 4.43. The Morgan fingerprint density at radius 1 is 0.571 bits per heavy atom. The van der Waals surface area contributed by atoms with Crippen molar-refractivity contribution >= 4 is 11.4 Å². The van der Waals surface area contributed by atoms with E-state index in [1.165, 1.54) is 0 Å². The van der Waals surface area contributed by atoms with Crippen molar-refractivity contribution in [3.05, 3.63) is 119 Å². The summed E-state index contributed by atoms with van der Waals surface area (Å²) in [4.78, 5) is 4.26. The van der Waals surface area contributed by atoms with Gasteiger partial charge in [0.05, 0.1) is 0 Å². The van der Waals surface area contributed by atoms with Crippen LogP contribution < -0.4 is 9.80 Å². The van der Waals surface area contributed by atoms with E-state index in [0.717, 1.165) is 33.6 Å². The van der Waals surface area contributed by atoms with Gasteiger partial charge in [0.2, 0.25) is 0 Å². The first-order valence-corrected chi connectivity index (χ1v) is 11.9. The van der Waals surface area contributed by atoms with Gasteiger partial charge in [-0.3, -0.25) is 0 Å². The molecule has 4 rings (SSSR count). The highest BCUT2D eigenvalue weighted by atomic mass is 16.3. The van der Waals surface area contributed by atoms with Gasteiger partial charge in [-0.05, 0) is 59.7 Å². The summed E-state index contributed by atoms with van der Waals surface area (Å²) in [5.74, 6) is 0.589. The third-order valence-corrected chi connectivity index (χ3v) is 6.81. The van der Waals surface area contributed by atoms with Crippen LogP contribution in [0.15, 0.2) is 97.1 Å². The van der Waals surface area contributed by atoms with E-state index < -0.39 is 0 Å². The molecule has 0 bridgehead atoms. The molecule has 0 radical (unpaired) electrons. The summed E-state index contributed by atoms with van der Waals surface area (Å²) in [6, 6.07) is 32.1. The minimum atomic E-state index is -0.318. The van der Waals surface area contributed by atoms with E-state index >= 15 is 0 Å². The summed E-state index contributed by atoms with van der Waals surface area (Å²) in [6.45, 7) is 5.56. The van der Waals surface area contributed by atoms with Crippen LogP contribution in [0.2, 0.25) is 0 Å². The molecule has 4 aromatic rings. The second kappa shape index (κ2) is 10.1. The molecule has 2 N–H and O–H groups in total. The Balaban J connectivity index is 1.60. The maximum absolute atomic E-state index is 10.6. The van der Waals surface area contributed by atoms with E-state index in [1.54, 1.807) is 12.1 Å². The molecule has 0 spiro atoms. The lowest BCUT2D eigenvalue weighted by Crippen LogP contribution is -2.22. The standard InChI is InChI=1S/C31H34N2O2/c1-31(2,25-15-17-29(34)23(19-25)21-32(3)27-11-7-5-8-12-27)26-16-18-30(35)24(20-26)22-33(4)28-13-9-6-10-14-28/h5-20,34-35H,21-22H2,1-4H3. The Bertz CT molecular complexity index is 1170. The molecule has 0 unspecified atom stereocenters. The van der Waals surface area contributed by atoms with Crippen molar-refractivity contribution in [2.45, 2.75) is 32.4 Å². The van der Waals surface area contributed by atoms with Crippen LogP contribution in [0.4, 0.5) is 11.4 Å². The fourth-order valence-corrected chi connectivity index (χ4v) is 4.43. The van der Waals surface area contributed by atoms with Crippen molar-refractivity contribution in [1.29, 1.82) is 0 Å². The first-order chi connectivity index (χ1) is 16.8. The topological polar surface area (TPSA) is 46.9 Å². The Hall–Kier alpha value is -3.92. The van der Waals surface area contributed by atoms with Crippen molar-refractivity contribution < 1.29 is 10.2 Å². The van der Waals surface area contributed by atoms with Crippen LogP contribution in [0, 0.1) is 0 Å². The molecule has 0 aliphatic heterocycles. The van der Waals surface area contributed by atoms with Crippen molar-refractivity contribution in [2.75, 3.05) is 23.9 Å². The molecule has 0 aliphatic rings. The Morgan fingerprint density at radius 2 is 0.943 bits per heavy atom. The van der Waals surface area contributed by atoms with Crippen LogP contribution >= 0.6 is 0 Å². The first kappa shape index (κ1) is 24.2. The number of rotatable bonds is 8. The lowest BCUT2D eigenvalue weighted by atomic mass is 9.77. The lowest BCUT2D eigenvalue weighted by Gasteiger charge is -2.29. The molecule has 4 heteroatoms. The van der Waals surface area contributed by atoms with E-state index in [1.807, 2.05) is 62.6 Å². The monoisotopic (exact) mass is 466 g/mol. The van der Waals surface area contributed by atoms with E-state index in [9.17, 15) is 10.2 Å². The molecule has 0 saturated carbocycles. The normalized spacial score (nSPS) is 11.3. The maximum atomic E-state index is 10.6. The van der Waals surface area contributed by atoms with Crippen LogP contribution in [-0.2, 0) is 18.5 Å². The zero-order valence-electron chi connectivity index (χ0n) is 20.9. The molecular weight excluding hydrogens is 432 g/mol. The molecule has 0 atom stereocenters. The predicted molar refractivity (Wildman–Crippen MR) is 145 cm³/mol. The van der Waals surface area contributed by atoms with Gasteiger partial charge in [0.25, 0.3) is 0 Å². The zero-order chi connectivity index (χ0) is 25.0. The van der Waals surface area contributed by atoms with Gasteiger partial charge in [0.15, 0.2) is 0 Å². The molecule has 4 aromatic carbocycles. The molecule has 35 heavy (non-hydrogen) atoms. The third kappa shape index (κ3) is 5.43. The average molecular weight is 467 g/mol. The van der Waals surface area contributed by atoms with Gasteiger partial charge in [-0.2, -0.15) is 0 Å². The second-order valence-corrected chi connectivity index (χ2v) is 9.70. The molecule has 4 nitrogen and oxygen atoms in total. The number of hydrogen-bond acceptors (Lipinski definition) is 4. The van der Waals surface area contributed by atoms with Gasteiger partial charge in [-0.25, -0.2) is 0 Å². The van der Waals surface area contributed by atoms with E-state index in [-0.39, 0.29) is 5.41 Å². The number of anilines is 2. The van der Waals surface area contributed by atoms with Crippen LogP contribution in [0.5, 0.6) is 11.5 Å². The summed E-state index contributed by atoms with van der Waals surface area (Å²) >= 11 is 0. The van der Waals surface area contributed by atoms with E-state index in [2.05, 4.69) is 60.0 Å². The second-order valence-electron chi connectivity index (χ2n) is 9.70. The number of nitrogens with zero attached hydrogens (tertiary/aromatic N) is 2. The number of phenols is 2. The molecule has 0 fully saturated rings. The molecule has 0 amide bonds. The van der Waals surface area contributed by atoms with Crippen molar-refractivity contribution in [3.8, 4) is 11.5 Å². The number of benzene rings is 4. The quantitative estimate of drug-likeness (QED) is 0.303.